The Kier molecular flexibility index (Phi) is 3.16. The highest BCUT2D eigenvalue weighted by molar-refractivity contribution is 5.82. The predicted octanol–water partition coefficient (Wildman–Crippen LogP) is 0.767. The van der Waals surface area contributed by atoms with Crippen LogP contribution in [0.25, 0.3) is 0 Å². The zero-order valence-corrected chi connectivity index (χ0v) is 9.07. The lowest BCUT2D eigenvalue weighted by Gasteiger charge is -2.00. The van der Waals surface area contributed by atoms with E-state index in [4.69, 9.17) is 0 Å². The number of carbonyl (C=O) groups excluding carboxylic acids is 1. The summed E-state index contributed by atoms with van der Waals surface area (Å²) in [5.74, 6) is 0.248. The standard InChI is InChI=1S/C11H17N3O/c1-2-14-8-9(6-13-14)5-11(15)7-12-10-3-4-10/h6,8,10,12H,2-5,7H2,1H3. The third-order valence-electron chi connectivity index (χ3n) is 2.58. The van der Waals surface area contributed by atoms with E-state index in [9.17, 15) is 4.79 Å². The van der Waals surface area contributed by atoms with Gasteiger partial charge in [-0.25, -0.2) is 0 Å². The molecule has 2 rings (SSSR count). The molecule has 1 aliphatic carbocycles. The SMILES string of the molecule is CCn1cc(CC(=O)CNC2CC2)cn1. The molecule has 1 N–H and O–H groups in total. The van der Waals surface area contributed by atoms with Crippen molar-refractivity contribution in [3.63, 3.8) is 0 Å². The van der Waals surface area contributed by atoms with Crippen LogP contribution in [-0.4, -0.2) is 28.2 Å². The van der Waals surface area contributed by atoms with Gasteiger partial charge in [0.1, 0.15) is 0 Å². The molecule has 0 amide bonds. The minimum atomic E-state index is 0.248. The van der Waals surface area contributed by atoms with E-state index in [2.05, 4.69) is 10.4 Å². The van der Waals surface area contributed by atoms with Crippen LogP contribution < -0.4 is 5.32 Å². The van der Waals surface area contributed by atoms with Crippen LogP contribution in [0.2, 0.25) is 0 Å². The van der Waals surface area contributed by atoms with Crippen molar-refractivity contribution in [3.8, 4) is 0 Å². The zero-order chi connectivity index (χ0) is 10.7. The minimum Gasteiger partial charge on any atom is -0.307 e. The maximum Gasteiger partial charge on any atom is 0.151 e. The van der Waals surface area contributed by atoms with Crippen molar-refractivity contribution in [1.29, 1.82) is 0 Å². The third kappa shape index (κ3) is 3.16. The summed E-state index contributed by atoms with van der Waals surface area (Å²) in [6.07, 6.45) is 6.66. The van der Waals surface area contributed by atoms with Crippen molar-refractivity contribution in [2.75, 3.05) is 6.54 Å². The average Bonchev–Trinajstić information content (AvgIpc) is 2.96. The van der Waals surface area contributed by atoms with Gasteiger partial charge in [0.05, 0.1) is 12.7 Å². The highest BCUT2D eigenvalue weighted by Crippen LogP contribution is 2.18. The summed E-state index contributed by atoms with van der Waals surface area (Å²) < 4.78 is 1.84. The Labute approximate surface area is 89.7 Å². The van der Waals surface area contributed by atoms with Crippen molar-refractivity contribution in [3.05, 3.63) is 18.0 Å². The third-order valence-corrected chi connectivity index (χ3v) is 2.58. The lowest BCUT2D eigenvalue weighted by molar-refractivity contribution is -0.117. The molecule has 15 heavy (non-hydrogen) atoms. The summed E-state index contributed by atoms with van der Waals surface area (Å²) >= 11 is 0. The Morgan fingerprint density at radius 1 is 1.67 bits per heavy atom. The first-order chi connectivity index (χ1) is 7.28. The van der Waals surface area contributed by atoms with Crippen molar-refractivity contribution in [2.45, 2.75) is 38.8 Å². The van der Waals surface area contributed by atoms with Crippen LogP contribution in [0.5, 0.6) is 0 Å². The van der Waals surface area contributed by atoms with Crippen molar-refractivity contribution in [1.82, 2.24) is 15.1 Å². The maximum atomic E-state index is 11.5. The number of Topliss-reactive ketones (excluding diaryl/α,β-unsaturated/α-hetero) is 1. The number of aryl methyl sites for hydroxylation is 1. The van der Waals surface area contributed by atoms with Crippen LogP contribution in [0.3, 0.4) is 0 Å². The highest BCUT2D eigenvalue weighted by atomic mass is 16.1. The smallest absolute Gasteiger partial charge is 0.151 e. The molecule has 82 valence electrons. The van der Waals surface area contributed by atoms with Gasteiger partial charge in [-0.2, -0.15) is 5.10 Å². The maximum absolute atomic E-state index is 11.5. The van der Waals surface area contributed by atoms with Gasteiger partial charge in [0, 0.05) is 25.2 Å². The predicted molar refractivity (Wildman–Crippen MR) is 57.6 cm³/mol. The molecule has 1 fully saturated rings. The Morgan fingerprint density at radius 2 is 2.47 bits per heavy atom. The van der Waals surface area contributed by atoms with E-state index in [1.165, 1.54) is 12.8 Å². The number of aromatic nitrogens is 2. The highest BCUT2D eigenvalue weighted by Gasteiger charge is 2.21. The molecule has 1 aliphatic rings. The molecule has 1 saturated carbocycles. The molecule has 0 bridgehead atoms. The van der Waals surface area contributed by atoms with Crippen LogP contribution in [0.15, 0.2) is 12.4 Å². The molecule has 0 saturated heterocycles. The molecule has 4 nitrogen and oxygen atoms in total. The lowest BCUT2D eigenvalue weighted by Crippen LogP contribution is -2.25. The summed E-state index contributed by atoms with van der Waals surface area (Å²) in [6, 6.07) is 0.604. The monoisotopic (exact) mass is 207 g/mol. The number of rotatable bonds is 6. The van der Waals surface area contributed by atoms with E-state index in [0.29, 0.717) is 19.0 Å². The largest absolute Gasteiger partial charge is 0.307 e. The molecule has 1 aromatic heterocycles. The number of hydrogen-bond donors (Lipinski definition) is 1. The molecule has 1 aromatic rings. The average molecular weight is 207 g/mol. The van der Waals surface area contributed by atoms with E-state index < -0.39 is 0 Å². The van der Waals surface area contributed by atoms with Gasteiger partial charge in [0.25, 0.3) is 0 Å². The first-order valence-corrected chi connectivity index (χ1v) is 5.54. The molecule has 4 heteroatoms. The number of nitrogens with one attached hydrogen (secondary N) is 1. The fourth-order valence-electron chi connectivity index (χ4n) is 1.51. The first kappa shape index (κ1) is 10.4. The summed E-state index contributed by atoms with van der Waals surface area (Å²) in [6.45, 7) is 3.39. The Balaban J connectivity index is 1.76. The number of ketones is 1. The zero-order valence-electron chi connectivity index (χ0n) is 9.07. The van der Waals surface area contributed by atoms with Gasteiger partial charge in [-0.15, -0.1) is 0 Å². The first-order valence-electron chi connectivity index (χ1n) is 5.54. The van der Waals surface area contributed by atoms with Crippen LogP contribution in [-0.2, 0) is 17.8 Å². The van der Waals surface area contributed by atoms with Gasteiger partial charge in [-0.05, 0) is 25.3 Å². The topological polar surface area (TPSA) is 46.9 Å². The summed E-state index contributed by atoms with van der Waals surface area (Å²) in [7, 11) is 0. The molecule has 0 aromatic carbocycles. The Hall–Kier alpha value is -1.16. The van der Waals surface area contributed by atoms with E-state index in [0.717, 1.165) is 12.1 Å². The van der Waals surface area contributed by atoms with Crippen LogP contribution >= 0.6 is 0 Å². The second kappa shape index (κ2) is 4.57. The van der Waals surface area contributed by atoms with Gasteiger partial charge in [0.15, 0.2) is 5.78 Å². The lowest BCUT2D eigenvalue weighted by atomic mass is 10.2. The van der Waals surface area contributed by atoms with Gasteiger partial charge in [0.2, 0.25) is 0 Å². The van der Waals surface area contributed by atoms with E-state index in [1.807, 2.05) is 17.8 Å². The summed E-state index contributed by atoms with van der Waals surface area (Å²) in [5.41, 5.74) is 1.01. The quantitative estimate of drug-likeness (QED) is 0.749. The van der Waals surface area contributed by atoms with Gasteiger partial charge >= 0.3 is 0 Å². The van der Waals surface area contributed by atoms with Crippen molar-refractivity contribution >= 4 is 5.78 Å². The van der Waals surface area contributed by atoms with E-state index in [-0.39, 0.29) is 5.78 Å². The van der Waals surface area contributed by atoms with Crippen LogP contribution in [0.4, 0.5) is 0 Å². The van der Waals surface area contributed by atoms with Gasteiger partial charge < -0.3 is 5.32 Å². The molecular formula is C11H17N3O. The number of hydrogen-bond acceptors (Lipinski definition) is 3. The molecule has 1 heterocycles. The molecule has 0 radical (unpaired) electrons. The molecule has 0 aliphatic heterocycles. The summed E-state index contributed by atoms with van der Waals surface area (Å²) in [5, 5.41) is 7.36. The van der Waals surface area contributed by atoms with Crippen LogP contribution in [0.1, 0.15) is 25.3 Å². The molecule has 0 spiro atoms. The fourth-order valence-corrected chi connectivity index (χ4v) is 1.51. The number of nitrogens with zero attached hydrogens (tertiary/aromatic N) is 2. The van der Waals surface area contributed by atoms with Gasteiger partial charge in [-0.1, -0.05) is 0 Å². The fraction of sp³-hybridized carbons (Fsp3) is 0.636. The number of carbonyl (C=O) groups is 1. The second-order valence-electron chi connectivity index (χ2n) is 4.07. The Morgan fingerprint density at radius 3 is 3.07 bits per heavy atom. The molecule has 0 atom stereocenters. The van der Waals surface area contributed by atoms with Crippen molar-refractivity contribution in [2.24, 2.45) is 0 Å². The van der Waals surface area contributed by atoms with Crippen molar-refractivity contribution < 1.29 is 4.79 Å². The molecular weight excluding hydrogens is 190 g/mol. The van der Waals surface area contributed by atoms with Gasteiger partial charge in [-0.3, -0.25) is 9.48 Å². The summed E-state index contributed by atoms with van der Waals surface area (Å²) in [4.78, 5) is 11.5. The second-order valence-corrected chi connectivity index (χ2v) is 4.07. The van der Waals surface area contributed by atoms with E-state index in [1.54, 1.807) is 6.20 Å². The Bertz CT molecular complexity index is 341. The molecule has 0 unspecified atom stereocenters. The normalized spacial score (nSPS) is 15.5. The van der Waals surface area contributed by atoms with E-state index >= 15 is 0 Å². The van der Waals surface area contributed by atoms with Crippen LogP contribution in [0, 0.1) is 0 Å². The minimum absolute atomic E-state index is 0.248.